The Morgan fingerprint density at radius 3 is 2.35 bits per heavy atom. The fourth-order valence-electron chi connectivity index (χ4n) is 3.84. The Hall–Kier alpha value is -2.25. The summed E-state index contributed by atoms with van der Waals surface area (Å²) < 4.78 is 40.5. The van der Waals surface area contributed by atoms with Gasteiger partial charge in [0.25, 0.3) is 0 Å². The van der Waals surface area contributed by atoms with E-state index in [0.717, 1.165) is 6.42 Å². The van der Waals surface area contributed by atoms with Crippen LogP contribution in [0.25, 0.3) is 0 Å². The SMILES string of the molecule is CC(C)c1ccc(CCNC(=O)C2CCN(S(=O)(=O)Cc3ccccc3F)CC2)cc1. The molecule has 1 fully saturated rings. The number of carbonyl (C=O) groups is 1. The molecule has 0 spiro atoms. The van der Waals surface area contributed by atoms with Crippen molar-refractivity contribution in [3.8, 4) is 0 Å². The summed E-state index contributed by atoms with van der Waals surface area (Å²) in [6, 6.07) is 14.4. The van der Waals surface area contributed by atoms with Gasteiger partial charge in [-0.1, -0.05) is 56.3 Å². The van der Waals surface area contributed by atoms with E-state index < -0.39 is 15.8 Å². The number of nitrogens with zero attached hydrogens (tertiary/aromatic N) is 1. The van der Waals surface area contributed by atoms with Gasteiger partial charge < -0.3 is 5.32 Å². The molecule has 168 valence electrons. The molecule has 5 nitrogen and oxygen atoms in total. The lowest BCUT2D eigenvalue weighted by Gasteiger charge is -2.30. The Morgan fingerprint density at radius 2 is 1.74 bits per heavy atom. The van der Waals surface area contributed by atoms with Crippen LogP contribution in [0.4, 0.5) is 4.39 Å². The molecule has 1 amide bonds. The fourth-order valence-corrected chi connectivity index (χ4v) is 5.42. The van der Waals surface area contributed by atoms with Gasteiger partial charge in [0.1, 0.15) is 5.82 Å². The number of benzene rings is 2. The normalized spacial score (nSPS) is 15.9. The topological polar surface area (TPSA) is 66.5 Å². The monoisotopic (exact) mass is 446 g/mol. The van der Waals surface area contributed by atoms with Gasteiger partial charge in [0.15, 0.2) is 0 Å². The van der Waals surface area contributed by atoms with E-state index in [0.29, 0.717) is 25.3 Å². The maximum Gasteiger partial charge on any atom is 0.223 e. The number of piperidine rings is 1. The standard InChI is InChI=1S/C24H31FN2O3S/c1-18(2)20-9-7-19(8-10-20)11-14-26-24(28)21-12-15-27(16-13-21)31(29,30)17-22-5-3-4-6-23(22)25/h3-10,18,21H,11-17H2,1-2H3,(H,26,28). The van der Waals surface area contributed by atoms with Crippen molar-refractivity contribution in [2.24, 2.45) is 5.92 Å². The lowest BCUT2D eigenvalue weighted by atomic mass is 9.97. The molecule has 0 radical (unpaired) electrons. The fraction of sp³-hybridized carbons (Fsp3) is 0.458. The molecule has 7 heteroatoms. The van der Waals surface area contributed by atoms with E-state index in [1.165, 1.54) is 33.6 Å². The van der Waals surface area contributed by atoms with Crippen molar-refractivity contribution in [2.45, 2.75) is 44.8 Å². The molecule has 1 aliphatic rings. The largest absolute Gasteiger partial charge is 0.356 e. The molecule has 0 aromatic heterocycles. The minimum Gasteiger partial charge on any atom is -0.356 e. The van der Waals surface area contributed by atoms with Gasteiger partial charge in [-0.2, -0.15) is 0 Å². The molecule has 31 heavy (non-hydrogen) atoms. The Morgan fingerprint density at radius 1 is 1.10 bits per heavy atom. The third-order valence-electron chi connectivity index (χ3n) is 5.87. The number of amides is 1. The van der Waals surface area contributed by atoms with Crippen molar-refractivity contribution in [1.29, 1.82) is 0 Å². The summed E-state index contributed by atoms with van der Waals surface area (Å²) in [5.74, 6) is -0.589. The number of hydrogen-bond donors (Lipinski definition) is 1. The van der Waals surface area contributed by atoms with Gasteiger partial charge in [-0.15, -0.1) is 0 Å². The van der Waals surface area contributed by atoms with Crippen LogP contribution in [0.5, 0.6) is 0 Å². The van der Waals surface area contributed by atoms with Crippen LogP contribution in [0.3, 0.4) is 0 Å². The van der Waals surface area contributed by atoms with Crippen molar-refractivity contribution in [1.82, 2.24) is 9.62 Å². The molecule has 1 N–H and O–H groups in total. The minimum absolute atomic E-state index is 0.0232. The molecule has 0 aliphatic carbocycles. The molecule has 1 heterocycles. The van der Waals surface area contributed by atoms with Gasteiger partial charge in [0.05, 0.1) is 5.75 Å². The highest BCUT2D eigenvalue weighted by Crippen LogP contribution is 2.22. The van der Waals surface area contributed by atoms with Gasteiger partial charge in [0.2, 0.25) is 15.9 Å². The minimum atomic E-state index is -3.61. The predicted octanol–water partition coefficient (Wildman–Crippen LogP) is 3.85. The second-order valence-corrected chi connectivity index (χ2v) is 10.4. The van der Waals surface area contributed by atoms with E-state index in [-0.39, 0.29) is 36.2 Å². The molecule has 1 saturated heterocycles. The molecule has 1 aliphatic heterocycles. The van der Waals surface area contributed by atoms with Gasteiger partial charge in [-0.3, -0.25) is 4.79 Å². The summed E-state index contributed by atoms with van der Waals surface area (Å²) in [4.78, 5) is 12.5. The maximum atomic E-state index is 13.8. The van der Waals surface area contributed by atoms with Gasteiger partial charge in [-0.25, -0.2) is 17.1 Å². The predicted molar refractivity (Wildman–Crippen MR) is 121 cm³/mol. The summed E-state index contributed by atoms with van der Waals surface area (Å²) in [5, 5.41) is 2.98. The van der Waals surface area contributed by atoms with Gasteiger partial charge >= 0.3 is 0 Å². The lowest BCUT2D eigenvalue weighted by Crippen LogP contribution is -2.43. The van der Waals surface area contributed by atoms with Crippen LogP contribution in [0.2, 0.25) is 0 Å². The van der Waals surface area contributed by atoms with Gasteiger partial charge in [-0.05, 0) is 42.4 Å². The highest BCUT2D eigenvalue weighted by molar-refractivity contribution is 7.88. The number of nitrogens with one attached hydrogen (secondary N) is 1. The molecule has 2 aromatic carbocycles. The quantitative estimate of drug-likeness (QED) is 0.670. The van der Waals surface area contributed by atoms with E-state index in [9.17, 15) is 17.6 Å². The molecule has 0 bridgehead atoms. The van der Waals surface area contributed by atoms with Crippen LogP contribution in [-0.4, -0.2) is 38.3 Å². The highest BCUT2D eigenvalue weighted by atomic mass is 32.2. The smallest absolute Gasteiger partial charge is 0.223 e. The van der Waals surface area contributed by atoms with E-state index in [1.807, 2.05) is 0 Å². The van der Waals surface area contributed by atoms with E-state index in [4.69, 9.17) is 0 Å². The molecule has 3 rings (SSSR count). The molecule has 0 atom stereocenters. The summed E-state index contributed by atoms with van der Waals surface area (Å²) in [6.45, 7) is 5.44. The summed E-state index contributed by atoms with van der Waals surface area (Å²) in [6.07, 6.45) is 1.72. The zero-order valence-corrected chi connectivity index (χ0v) is 19.0. The summed E-state index contributed by atoms with van der Waals surface area (Å²) in [5.41, 5.74) is 2.65. The number of hydrogen-bond acceptors (Lipinski definition) is 3. The molecular weight excluding hydrogens is 415 g/mol. The zero-order valence-electron chi connectivity index (χ0n) is 18.2. The number of halogens is 1. The summed E-state index contributed by atoms with van der Waals surface area (Å²) in [7, 11) is -3.61. The van der Waals surface area contributed by atoms with Crippen LogP contribution in [0, 0.1) is 11.7 Å². The van der Waals surface area contributed by atoms with Crippen molar-refractivity contribution in [3.63, 3.8) is 0 Å². The van der Waals surface area contributed by atoms with Crippen molar-refractivity contribution < 1.29 is 17.6 Å². The van der Waals surface area contributed by atoms with Crippen LogP contribution >= 0.6 is 0 Å². The van der Waals surface area contributed by atoms with Crippen molar-refractivity contribution >= 4 is 15.9 Å². The Bertz CT molecular complexity index is 982. The van der Waals surface area contributed by atoms with E-state index in [2.05, 4.69) is 43.4 Å². The zero-order chi connectivity index (χ0) is 22.4. The summed E-state index contributed by atoms with van der Waals surface area (Å²) >= 11 is 0. The maximum absolute atomic E-state index is 13.8. The number of carbonyl (C=O) groups excluding carboxylic acids is 1. The first-order chi connectivity index (χ1) is 14.8. The van der Waals surface area contributed by atoms with Crippen LogP contribution < -0.4 is 5.32 Å². The van der Waals surface area contributed by atoms with Crippen molar-refractivity contribution in [2.75, 3.05) is 19.6 Å². The first-order valence-corrected chi connectivity index (χ1v) is 12.4. The van der Waals surface area contributed by atoms with Crippen molar-refractivity contribution in [3.05, 3.63) is 71.0 Å². The third kappa shape index (κ3) is 6.37. The average Bonchev–Trinajstić information content (AvgIpc) is 2.75. The Labute approximate surface area is 184 Å². The van der Waals surface area contributed by atoms with Crippen LogP contribution in [-0.2, 0) is 27.0 Å². The first-order valence-electron chi connectivity index (χ1n) is 10.8. The third-order valence-corrected chi connectivity index (χ3v) is 7.70. The average molecular weight is 447 g/mol. The van der Waals surface area contributed by atoms with E-state index in [1.54, 1.807) is 6.07 Å². The second kappa shape index (κ2) is 10.4. The van der Waals surface area contributed by atoms with Gasteiger partial charge in [0, 0.05) is 31.1 Å². The lowest BCUT2D eigenvalue weighted by molar-refractivity contribution is -0.126. The second-order valence-electron chi connectivity index (χ2n) is 8.46. The van der Waals surface area contributed by atoms with Crippen LogP contribution in [0.1, 0.15) is 49.3 Å². The molecule has 0 saturated carbocycles. The number of rotatable bonds is 8. The molecule has 2 aromatic rings. The number of sulfonamides is 1. The Balaban J connectivity index is 1.44. The van der Waals surface area contributed by atoms with Crippen LogP contribution in [0.15, 0.2) is 48.5 Å². The Kier molecular flexibility index (Phi) is 7.84. The first kappa shape index (κ1) is 23.4. The molecule has 0 unspecified atom stereocenters. The highest BCUT2D eigenvalue weighted by Gasteiger charge is 2.31. The van der Waals surface area contributed by atoms with E-state index >= 15 is 0 Å². The molecular formula is C24H31FN2O3S.